The van der Waals surface area contributed by atoms with Gasteiger partial charge in [-0.2, -0.15) is 0 Å². The van der Waals surface area contributed by atoms with Gasteiger partial charge < -0.3 is 10.1 Å². The fourth-order valence-electron chi connectivity index (χ4n) is 2.86. The monoisotopic (exact) mass is 211 g/mol. The average molecular weight is 211 g/mol. The molecule has 88 valence electrons. The van der Waals surface area contributed by atoms with Crippen LogP contribution in [-0.2, 0) is 4.74 Å². The predicted molar refractivity (Wildman–Crippen MR) is 63.0 cm³/mol. The molecular weight excluding hydrogens is 186 g/mol. The van der Waals surface area contributed by atoms with Crippen LogP contribution in [0.3, 0.4) is 0 Å². The standard InChI is InChI=1S/C13H25NO/c1-2-6-12(5-1)7-3-4-9-14-13-8-10-15-11-13/h12-14H,1-11H2. The van der Waals surface area contributed by atoms with Gasteiger partial charge in [-0.3, -0.25) is 0 Å². The molecule has 2 aliphatic rings. The summed E-state index contributed by atoms with van der Waals surface area (Å²) in [7, 11) is 0. The van der Waals surface area contributed by atoms with E-state index in [9.17, 15) is 0 Å². The first kappa shape index (κ1) is 11.4. The third-order valence-electron chi connectivity index (χ3n) is 3.88. The molecule has 0 bridgehead atoms. The SMILES string of the molecule is C(CCC1CCCC1)CNC1CCOC1. The van der Waals surface area contributed by atoms with Gasteiger partial charge >= 0.3 is 0 Å². The minimum Gasteiger partial charge on any atom is -0.380 e. The van der Waals surface area contributed by atoms with E-state index in [0.717, 1.165) is 19.1 Å². The minimum atomic E-state index is 0.650. The van der Waals surface area contributed by atoms with Crippen molar-refractivity contribution in [2.24, 2.45) is 5.92 Å². The predicted octanol–water partition coefficient (Wildman–Crippen LogP) is 2.73. The van der Waals surface area contributed by atoms with Crippen LogP contribution in [0.1, 0.15) is 51.4 Å². The molecule has 0 spiro atoms. The second-order valence-electron chi connectivity index (χ2n) is 5.16. The number of hydrogen-bond donors (Lipinski definition) is 1. The third-order valence-corrected chi connectivity index (χ3v) is 3.88. The zero-order valence-electron chi connectivity index (χ0n) is 9.84. The topological polar surface area (TPSA) is 21.3 Å². The van der Waals surface area contributed by atoms with Gasteiger partial charge in [0.1, 0.15) is 0 Å². The van der Waals surface area contributed by atoms with Gasteiger partial charge in [0, 0.05) is 12.6 Å². The Balaban J connectivity index is 1.41. The van der Waals surface area contributed by atoms with E-state index in [1.54, 1.807) is 0 Å². The Morgan fingerprint density at radius 3 is 2.67 bits per heavy atom. The molecule has 1 N–H and O–H groups in total. The van der Waals surface area contributed by atoms with Crippen molar-refractivity contribution >= 4 is 0 Å². The highest BCUT2D eigenvalue weighted by Gasteiger charge is 2.15. The van der Waals surface area contributed by atoms with E-state index in [2.05, 4.69) is 5.32 Å². The van der Waals surface area contributed by atoms with Crippen molar-refractivity contribution in [1.29, 1.82) is 0 Å². The zero-order chi connectivity index (χ0) is 10.3. The molecule has 0 radical (unpaired) electrons. The number of nitrogens with one attached hydrogen (secondary N) is 1. The first-order valence-corrected chi connectivity index (χ1v) is 6.76. The number of unbranched alkanes of at least 4 members (excludes halogenated alkanes) is 1. The lowest BCUT2D eigenvalue weighted by molar-refractivity contribution is 0.190. The first-order chi connectivity index (χ1) is 7.45. The molecule has 1 heterocycles. The molecule has 2 fully saturated rings. The second-order valence-corrected chi connectivity index (χ2v) is 5.16. The van der Waals surface area contributed by atoms with Crippen molar-refractivity contribution in [2.75, 3.05) is 19.8 Å². The zero-order valence-corrected chi connectivity index (χ0v) is 9.84. The van der Waals surface area contributed by atoms with Crippen LogP contribution < -0.4 is 5.32 Å². The first-order valence-electron chi connectivity index (χ1n) is 6.76. The summed E-state index contributed by atoms with van der Waals surface area (Å²) in [4.78, 5) is 0. The summed E-state index contributed by atoms with van der Waals surface area (Å²) in [5.74, 6) is 1.07. The van der Waals surface area contributed by atoms with E-state index >= 15 is 0 Å². The molecule has 2 rings (SSSR count). The molecule has 1 atom stereocenters. The highest BCUT2D eigenvalue weighted by Crippen LogP contribution is 2.28. The molecule has 1 saturated heterocycles. The van der Waals surface area contributed by atoms with Crippen LogP contribution in [0.15, 0.2) is 0 Å². The fraction of sp³-hybridized carbons (Fsp3) is 1.00. The van der Waals surface area contributed by atoms with Crippen LogP contribution in [0.25, 0.3) is 0 Å². The Labute approximate surface area is 93.8 Å². The van der Waals surface area contributed by atoms with E-state index in [-0.39, 0.29) is 0 Å². The maximum Gasteiger partial charge on any atom is 0.0620 e. The molecule has 2 heteroatoms. The van der Waals surface area contributed by atoms with Gasteiger partial charge in [-0.15, -0.1) is 0 Å². The number of rotatable bonds is 6. The second kappa shape index (κ2) is 6.49. The Morgan fingerprint density at radius 2 is 1.93 bits per heavy atom. The van der Waals surface area contributed by atoms with Crippen molar-refractivity contribution in [1.82, 2.24) is 5.32 Å². The van der Waals surface area contributed by atoms with E-state index in [0.29, 0.717) is 6.04 Å². The molecule has 0 aromatic carbocycles. The maximum absolute atomic E-state index is 5.33. The Morgan fingerprint density at radius 1 is 1.07 bits per heavy atom. The van der Waals surface area contributed by atoms with E-state index < -0.39 is 0 Å². The van der Waals surface area contributed by atoms with Gasteiger partial charge in [-0.25, -0.2) is 0 Å². The van der Waals surface area contributed by atoms with Gasteiger partial charge in [-0.1, -0.05) is 38.5 Å². The van der Waals surface area contributed by atoms with Crippen LogP contribution in [0, 0.1) is 5.92 Å². The summed E-state index contributed by atoms with van der Waals surface area (Å²) in [5.41, 5.74) is 0. The summed E-state index contributed by atoms with van der Waals surface area (Å²) in [6, 6.07) is 0.650. The van der Waals surface area contributed by atoms with E-state index in [1.807, 2.05) is 0 Å². The number of hydrogen-bond acceptors (Lipinski definition) is 2. The summed E-state index contributed by atoms with van der Waals surface area (Å²) in [6.45, 7) is 3.09. The summed E-state index contributed by atoms with van der Waals surface area (Å²) >= 11 is 0. The molecule has 1 saturated carbocycles. The lowest BCUT2D eigenvalue weighted by Gasteiger charge is -2.11. The van der Waals surface area contributed by atoms with E-state index in [4.69, 9.17) is 4.74 Å². The third kappa shape index (κ3) is 4.12. The molecule has 0 aromatic heterocycles. The molecule has 1 unspecified atom stereocenters. The normalized spacial score (nSPS) is 27.6. The quantitative estimate of drug-likeness (QED) is 0.682. The molecule has 0 aromatic rings. The van der Waals surface area contributed by atoms with Crippen LogP contribution >= 0.6 is 0 Å². The highest BCUT2D eigenvalue weighted by atomic mass is 16.5. The minimum absolute atomic E-state index is 0.650. The van der Waals surface area contributed by atoms with Crippen LogP contribution in [0.2, 0.25) is 0 Å². The van der Waals surface area contributed by atoms with Crippen molar-refractivity contribution < 1.29 is 4.74 Å². The van der Waals surface area contributed by atoms with Gasteiger partial charge in [0.15, 0.2) is 0 Å². The molecule has 2 nitrogen and oxygen atoms in total. The van der Waals surface area contributed by atoms with Gasteiger partial charge in [0.05, 0.1) is 6.61 Å². The smallest absolute Gasteiger partial charge is 0.0620 e. The van der Waals surface area contributed by atoms with Crippen LogP contribution in [0.4, 0.5) is 0 Å². The average Bonchev–Trinajstić information content (AvgIpc) is 2.88. The van der Waals surface area contributed by atoms with Crippen molar-refractivity contribution in [3.8, 4) is 0 Å². The maximum atomic E-state index is 5.33. The largest absolute Gasteiger partial charge is 0.380 e. The summed E-state index contributed by atoms with van der Waals surface area (Å²) < 4.78 is 5.33. The van der Waals surface area contributed by atoms with Crippen molar-refractivity contribution in [3.05, 3.63) is 0 Å². The summed E-state index contributed by atoms with van der Waals surface area (Å²) in [5, 5.41) is 3.58. The van der Waals surface area contributed by atoms with Gasteiger partial charge in [-0.05, 0) is 25.3 Å². The van der Waals surface area contributed by atoms with Gasteiger partial charge in [0.25, 0.3) is 0 Å². The van der Waals surface area contributed by atoms with Crippen molar-refractivity contribution in [2.45, 2.75) is 57.4 Å². The van der Waals surface area contributed by atoms with Crippen molar-refractivity contribution in [3.63, 3.8) is 0 Å². The van der Waals surface area contributed by atoms with Gasteiger partial charge in [0.2, 0.25) is 0 Å². The molecule has 15 heavy (non-hydrogen) atoms. The summed E-state index contributed by atoms with van der Waals surface area (Å²) in [6.07, 6.45) is 11.4. The number of ether oxygens (including phenoxy) is 1. The molecular formula is C13H25NO. The fourth-order valence-corrected chi connectivity index (χ4v) is 2.86. The lowest BCUT2D eigenvalue weighted by atomic mass is 10.0. The molecule has 1 aliphatic heterocycles. The Bertz CT molecular complexity index is 142. The Hall–Kier alpha value is -0.0800. The molecule has 1 aliphatic carbocycles. The Kier molecular flexibility index (Phi) is 4.94. The highest BCUT2D eigenvalue weighted by molar-refractivity contribution is 4.71. The molecule has 0 amide bonds. The van der Waals surface area contributed by atoms with Crippen LogP contribution in [0.5, 0.6) is 0 Å². The van der Waals surface area contributed by atoms with E-state index in [1.165, 1.54) is 57.9 Å². The van der Waals surface area contributed by atoms with Crippen LogP contribution in [-0.4, -0.2) is 25.8 Å². The lowest BCUT2D eigenvalue weighted by Crippen LogP contribution is -2.29.